The Hall–Kier alpha value is -0.830. The molecule has 2 rings (SSSR count). The number of hydrogen-bond acceptors (Lipinski definition) is 1. The van der Waals surface area contributed by atoms with E-state index >= 15 is 0 Å². The topological polar surface area (TPSA) is 12.0 Å². The molecular formula is C17H19BrClN. The molecular weight excluding hydrogens is 334 g/mol. The van der Waals surface area contributed by atoms with Gasteiger partial charge in [0.2, 0.25) is 0 Å². The van der Waals surface area contributed by atoms with E-state index in [1.807, 2.05) is 7.05 Å². The van der Waals surface area contributed by atoms with Crippen LogP contribution in [0.25, 0.3) is 0 Å². The number of benzene rings is 2. The Kier molecular flexibility index (Phi) is 5.25. The van der Waals surface area contributed by atoms with Crippen molar-refractivity contribution < 1.29 is 0 Å². The normalized spacial score (nSPS) is 12.4. The summed E-state index contributed by atoms with van der Waals surface area (Å²) >= 11 is 9.66. The summed E-state index contributed by atoms with van der Waals surface area (Å²) in [5, 5.41) is 4.25. The van der Waals surface area contributed by atoms with Crippen molar-refractivity contribution in [1.29, 1.82) is 0 Å². The molecule has 0 spiro atoms. The Labute approximate surface area is 134 Å². The number of halogens is 2. The molecule has 0 aliphatic carbocycles. The summed E-state index contributed by atoms with van der Waals surface area (Å²) < 4.78 is 1.11. The van der Waals surface area contributed by atoms with Crippen LogP contribution in [0.2, 0.25) is 5.02 Å². The summed E-state index contributed by atoms with van der Waals surface area (Å²) in [5.74, 6) is 0. The van der Waals surface area contributed by atoms with Gasteiger partial charge in [-0.3, -0.25) is 0 Å². The molecule has 1 N–H and O–H groups in total. The standard InChI is InChI=1S/C17H19BrClN/c1-11-9-16(19)12(2)8-15(11)17(20-3)10-13-4-6-14(18)7-5-13/h4-9,17,20H,10H2,1-3H3. The molecule has 3 heteroatoms. The first kappa shape index (κ1) is 15.6. The molecule has 1 atom stereocenters. The third-order valence-electron chi connectivity index (χ3n) is 3.62. The Morgan fingerprint density at radius 2 is 1.75 bits per heavy atom. The summed E-state index contributed by atoms with van der Waals surface area (Å²) in [5.41, 5.74) is 5.00. The first-order valence-electron chi connectivity index (χ1n) is 6.69. The predicted molar refractivity (Wildman–Crippen MR) is 90.6 cm³/mol. The van der Waals surface area contributed by atoms with Crippen LogP contribution in [0.3, 0.4) is 0 Å². The predicted octanol–water partition coefficient (Wildman–Crippen LogP) is 5.22. The van der Waals surface area contributed by atoms with E-state index in [0.29, 0.717) is 6.04 Å². The van der Waals surface area contributed by atoms with Gasteiger partial charge in [-0.1, -0.05) is 45.7 Å². The van der Waals surface area contributed by atoms with Gasteiger partial charge in [-0.2, -0.15) is 0 Å². The van der Waals surface area contributed by atoms with Gasteiger partial charge >= 0.3 is 0 Å². The molecule has 2 aromatic carbocycles. The van der Waals surface area contributed by atoms with Crippen LogP contribution in [0.5, 0.6) is 0 Å². The van der Waals surface area contributed by atoms with Gasteiger partial charge in [0.1, 0.15) is 0 Å². The zero-order chi connectivity index (χ0) is 14.7. The van der Waals surface area contributed by atoms with E-state index in [4.69, 9.17) is 11.6 Å². The highest BCUT2D eigenvalue weighted by molar-refractivity contribution is 9.10. The van der Waals surface area contributed by atoms with E-state index in [-0.39, 0.29) is 0 Å². The molecule has 0 radical (unpaired) electrons. The summed E-state index contributed by atoms with van der Waals surface area (Å²) in [7, 11) is 2.01. The van der Waals surface area contributed by atoms with E-state index in [2.05, 4.69) is 71.5 Å². The van der Waals surface area contributed by atoms with E-state index in [9.17, 15) is 0 Å². The van der Waals surface area contributed by atoms with Crippen molar-refractivity contribution in [3.05, 3.63) is 68.1 Å². The molecule has 0 aromatic heterocycles. The summed E-state index contributed by atoms with van der Waals surface area (Å²) in [6, 6.07) is 13.0. The van der Waals surface area contributed by atoms with Gasteiger partial charge in [0.25, 0.3) is 0 Å². The van der Waals surface area contributed by atoms with Crippen molar-refractivity contribution >= 4 is 27.5 Å². The Morgan fingerprint density at radius 3 is 2.35 bits per heavy atom. The third kappa shape index (κ3) is 3.63. The van der Waals surface area contributed by atoms with E-state index in [1.54, 1.807) is 0 Å². The molecule has 0 aliphatic rings. The molecule has 20 heavy (non-hydrogen) atoms. The van der Waals surface area contributed by atoms with Gasteiger partial charge in [-0.15, -0.1) is 0 Å². The van der Waals surface area contributed by atoms with E-state index < -0.39 is 0 Å². The minimum Gasteiger partial charge on any atom is -0.313 e. The second-order valence-electron chi connectivity index (χ2n) is 5.13. The number of likely N-dealkylation sites (N-methyl/N-ethyl adjacent to an activating group) is 1. The Bertz CT molecular complexity index is 593. The van der Waals surface area contributed by atoms with Crippen molar-refractivity contribution in [1.82, 2.24) is 5.32 Å². The first-order chi connectivity index (χ1) is 9.51. The number of hydrogen-bond donors (Lipinski definition) is 1. The quantitative estimate of drug-likeness (QED) is 0.795. The fraction of sp³-hybridized carbons (Fsp3) is 0.294. The fourth-order valence-corrected chi connectivity index (χ4v) is 2.88. The maximum atomic E-state index is 6.19. The van der Waals surface area contributed by atoms with Gasteiger partial charge in [0.05, 0.1) is 0 Å². The van der Waals surface area contributed by atoms with Crippen LogP contribution in [0.4, 0.5) is 0 Å². The highest BCUT2D eigenvalue weighted by atomic mass is 79.9. The molecule has 0 amide bonds. The summed E-state index contributed by atoms with van der Waals surface area (Å²) in [6.07, 6.45) is 0.964. The molecule has 1 nitrogen and oxygen atoms in total. The van der Waals surface area contributed by atoms with Gasteiger partial charge in [-0.25, -0.2) is 0 Å². The zero-order valence-corrected chi connectivity index (χ0v) is 14.3. The molecule has 0 fully saturated rings. The van der Waals surface area contributed by atoms with Crippen molar-refractivity contribution in [2.75, 3.05) is 7.05 Å². The van der Waals surface area contributed by atoms with Crippen LogP contribution in [0.15, 0.2) is 40.9 Å². The number of nitrogens with one attached hydrogen (secondary N) is 1. The highest BCUT2D eigenvalue weighted by Gasteiger charge is 2.14. The summed E-state index contributed by atoms with van der Waals surface area (Å²) in [4.78, 5) is 0. The molecule has 0 heterocycles. The van der Waals surface area contributed by atoms with E-state index in [1.165, 1.54) is 16.7 Å². The van der Waals surface area contributed by atoms with Gasteiger partial charge < -0.3 is 5.32 Å². The number of rotatable bonds is 4. The van der Waals surface area contributed by atoms with Crippen molar-refractivity contribution in [2.45, 2.75) is 26.3 Å². The van der Waals surface area contributed by atoms with E-state index in [0.717, 1.165) is 21.5 Å². The van der Waals surface area contributed by atoms with Crippen LogP contribution >= 0.6 is 27.5 Å². The minimum atomic E-state index is 0.298. The minimum absolute atomic E-state index is 0.298. The molecule has 0 aliphatic heterocycles. The molecule has 0 saturated carbocycles. The average Bonchev–Trinajstić information content (AvgIpc) is 2.43. The van der Waals surface area contributed by atoms with Crippen molar-refractivity contribution in [3.8, 4) is 0 Å². The molecule has 106 valence electrons. The maximum Gasteiger partial charge on any atom is 0.0438 e. The zero-order valence-electron chi connectivity index (χ0n) is 12.0. The highest BCUT2D eigenvalue weighted by Crippen LogP contribution is 2.27. The van der Waals surface area contributed by atoms with Gasteiger partial charge in [0.15, 0.2) is 0 Å². The first-order valence-corrected chi connectivity index (χ1v) is 7.86. The molecule has 0 saturated heterocycles. The Balaban J connectivity index is 2.28. The summed E-state index contributed by atoms with van der Waals surface area (Å²) in [6.45, 7) is 4.17. The molecule has 2 aromatic rings. The van der Waals surface area contributed by atoms with Crippen LogP contribution < -0.4 is 5.32 Å². The second kappa shape index (κ2) is 6.75. The maximum absolute atomic E-state index is 6.19. The van der Waals surface area contributed by atoms with Crippen molar-refractivity contribution in [3.63, 3.8) is 0 Å². The lowest BCUT2D eigenvalue weighted by Crippen LogP contribution is -2.20. The van der Waals surface area contributed by atoms with Gasteiger partial charge in [0, 0.05) is 15.5 Å². The van der Waals surface area contributed by atoms with Crippen molar-refractivity contribution in [2.24, 2.45) is 0 Å². The fourth-order valence-electron chi connectivity index (χ4n) is 2.40. The second-order valence-corrected chi connectivity index (χ2v) is 6.45. The van der Waals surface area contributed by atoms with Gasteiger partial charge in [-0.05, 0) is 67.8 Å². The average molecular weight is 353 g/mol. The monoisotopic (exact) mass is 351 g/mol. The van der Waals surface area contributed by atoms with Crippen LogP contribution in [-0.4, -0.2) is 7.05 Å². The third-order valence-corrected chi connectivity index (χ3v) is 4.56. The lowest BCUT2D eigenvalue weighted by molar-refractivity contribution is 0.588. The molecule has 1 unspecified atom stereocenters. The largest absolute Gasteiger partial charge is 0.313 e. The lowest BCUT2D eigenvalue weighted by Gasteiger charge is -2.20. The Morgan fingerprint density at radius 1 is 1.10 bits per heavy atom. The smallest absolute Gasteiger partial charge is 0.0438 e. The lowest BCUT2D eigenvalue weighted by atomic mass is 9.94. The van der Waals surface area contributed by atoms with Crippen LogP contribution in [0.1, 0.15) is 28.3 Å². The molecule has 0 bridgehead atoms. The van der Waals surface area contributed by atoms with Crippen LogP contribution in [0, 0.1) is 13.8 Å². The SMILES string of the molecule is CNC(Cc1ccc(Br)cc1)c1cc(C)c(Cl)cc1C. The van der Waals surface area contributed by atoms with Crippen LogP contribution in [-0.2, 0) is 6.42 Å². The number of aryl methyl sites for hydroxylation is 2.